The molecular weight excluding hydrogens is 508 g/mol. The van der Waals surface area contributed by atoms with Gasteiger partial charge in [0.05, 0.1) is 31.0 Å². The minimum atomic E-state index is -1.04. The lowest BCUT2D eigenvalue weighted by molar-refractivity contribution is -0.132. The Hall–Kier alpha value is -4.44. The highest BCUT2D eigenvalue weighted by Gasteiger charge is 2.48. The summed E-state index contributed by atoms with van der Waals surface area (Å²) in [5.74, 6) is -1.76. The molecule has 0 radical (unpaired) electrons. The van der Waals surface area contributed by atoms with Gasteiger partial charge in [-0.2, -0.15) is 0 Å². The zero-order chi connectivity index (χ0) is 27.4. The molecule has 1 fully saturated rings. The van der Waals surface area contributed by atoms with E-state index in [0.717, 1.165) is 11.3 Å². The highest BCUT2D eigenvalue weighted by molar-refractivity contribution is 7.17. The average Bonchev–Trinajstić information content (AvgIpc) is 3.43. The Kier molecular flexibility index (Phi) is 7.92. The molecule has 9 nitrogen and oxygen atoms in total. The van der Waals surface area contributed by atoms with Crippen molar-refractivity contribution in [1.29, 1.82) is 0 Å². The Bertz CT molecular complexity index is 1440. The van der Waals surface area contributed by atoms with Gasteiger partial charge in [-0.15, -0.1) is 0 Å². The predicted octanol–water partition coefficient (Wildman–Crippen LogP) is 4.83. The van der Waals surface area contributed by atoms with Gasteiger partial charge in [-0.3, -0.25) is 14.5 Å². The predicted molar refractivity (Wildman–Crippen MR) is 143 cm³/mol. The number of aryl methyl sites for hydroxylation is 1. The Morgan fingerprint density at radius 1 is 1.18 bits per heavy atom. The highest BCUT2D eigenvalue weighted by atomic mass is 32.1. The van der Waals surface area contributed by atoms with E-state index in [4.69, 9.17) is 14.2 Å². The maximum Gasteiger partial charge on any atom is 0.350 e. The van der Waals surface area contributed by atoms with E-state index in [2.05, 4.69) is 11.6 Å². The zero-order valence-electron chi connectivity index (χ0n) is 21.1. The molecule has 1 saturated heterocycles. The summed E-state index contributed by atoms with van der Waals surface area (Å²) in [6.45, 7) is 7.41. The number of hydrogen-bond donors (Lipinski definition) is 1. The van der Waals surface area contributed by atoms with Crippen LogP contribution in [0.3, 0.4) is 0 Å². The second-order valence-corrected chi connectivity index (χ2v) is 9.18. The van der Waals surface area contributed by atoms with Gasteiger partial charge in [0.1, 0.15) is 28.7 Å². The van der Waals surface area contributed by atoms with Crippen LogP contribution in [-0.4, -0.2) is 48.1 Å². The number of aromatic nitrogens is 1. The molecule has 1 aliphatic heterocycles. The first-order valence-electron chi connectivity index (χ1n) is 11.7. The minimum absolute atomic E-state index is 0.0145. The van der Waals surface area contributed by atoms with Gasteiger partial charge in [-0.05, 0) is 43.7 Å². The number of rotatable bonds is 9. The van der Waals surface area contributed by atoms with Crippen LogP contribution in [0.15, 0.2) is 66.8 Å². The first-order chi connectivity index (χ1) is 18.3. The van der Waals surface area contributed by atoms with Crippen LogP contribution in [0, 0.1) is 6.92 Å². The van der Waals surface area contributed by atoms with Crippen LogP contribution in [0.2, 0.25) is 0 Å². The van der Waals surface area contributed by atoms with Gasteiger partial charge in [0, 0.05) is 5.56 Å². The lowest BCUT2D eigenvalue weighted by Gasteiger charge is -2.23. The molecule has 38 heavy (non-hydrogen) atoms. The van der Waals surface area contributed by atoms with Crippen LogP contribution in [0.25, 0.3) is 5.76 Å². The number of amides is 1. The van der Waals surface area contributed by atoms with Crippen LogP contribution in [0.4, 0.5) is 5.13 Å². The number of aliphatic hydroxyl groups excluding tert-OH is 1. The number of esters is 1. The average molecular weight is 535 g/mol. The topological polar surface area (TPSA) is 115 Å². The molecule has 196 valence electrons. The van der Waals surface area contributed by atoms with Crippen LogP contribution in [-0.2, 0) is 14.3 Å². The number of Topliss-reactive ketones (excluding diaryl/α,β-unsaturated/α-hetero) is 1. The van der Waals surface area contributed by atoms with Crippen LogP contribution in [0.1, 0.15) is 39.5 Å². The van der Waals surface area contributed by atoms with E-state index in [-0.39, 0.29) is 27.9 Å². The third kappa shape index (κ3) is 5.03. The van der Waals surface area contributed by atoms with Crippen LogP contribution >= 0.6 is 11.3 Å². The van der Waals surface area contributed by atoms with Crippen molar-refractivity contribution in [2.24, 2.45) is 0 Å². The second kappa shape index (κ2) is 11.3. The lowest BCUT2D eigenvalue weighted by atomic mass is 9.95. The van der Waals surface area contributed by atoms with Crippen molar-refractivity contribution in [1.82, 2.24) is 4.98 Å². The molecule has 4 rings (SSSR count). The largest absolute Gasteiger partial charge is 0.507 e. The van der Waals surface area contributed by atoms with Gasteiger partial charge in [0.25, 0.3) is 5.78 Å². The van der Waals surface area contributed by atoms with Gasteiger partial charge in [0.15, 0.2) is 5.13 Å². The monoisotopic (exact) mass is 534 g/mol. The number of aliphatic hydroxyl groups is 1. The Morgan fingerprint density at radius 3 is 2.63 bits per heavy atom. The molecule has 1 unspecified atom stereocenters. The number of nitrogens with zero attached hydrogens (tertiary/aromatic N) is 2. The number of ketones is 1. The molecule has 0 saturated carbocycles. The number of carbonyl (C=O) groups excluding carboxylic acids is 3. The number of ether oxygens (including phenoxy) is 3. The number of methoxy groups -OCH3 is 1. The van der Waals surface area contributed by atoms with Crippen LogP contribution < -0.4 is 14.4 Å². The summed E-state index contributed by atoms with van der Waals surface area (Å²) < 4.78 is 16.0. The highest BCUT2D eigenvalue weighted by Crippen LogP contribution is 2.44. The molecule has 1 amide bonds. The van der Waals surface area contributed by atoms with Gasteiger partial charge < -0.3 is 19.3 Å². The van der Waals surface area contributed by atoms with E-state index >= 15 is 0 Å². The summed E-state index contributed by atoms with van der Waals surface area (Å²) in [5, 5.41) is 11.5. The fraction of sp³-hybridized carbons (Fsp3) is 0.214. The van der Waals surface area contributed by atoms with Crippen molar-refractivity contribution in [3.8, 4) is 11.5 Å². The standard InChI is InChI=1S/C28H26N2O7S/c1-5-13-37-27(34)25-16(3)29-28(38-25)30-22(17-9-7-11-19(14-17)35-4)21(24(32)26(30)33)23(31)18-10-8-12-20(15-18)36-6-2/h5,7-12,14-15,22,31H,1,6,13H2,2-4H3. The number of anilines is 1. The van der Waals surface area contributed by atoms with Crippen molar-refractivity contribution in [3.05, 3.63) is 88.5 Å². The first-order valence-corrected chi connectivity index (χ1v) is 12.6. The summed E-state index contributed by atoms with van der Waals surface area (Å²) in [6, 6.07) is 12.4. The third-order valence-corrected chi connectivity index (χ3v) is 6.92. The van der Waals surface area contributed by atoms with Crippen molar-refractivity contribution in [2.75, 3.05) is 25.2 Å². The van der Waals surface area contributed by atoms with Gasteiger partial charge in [-0.25, -0.2) is 9.78 Å². The molecule has 10 heteroatoms. The number of carbonyl (C=O) groups is 3. The molecule has 3 aromatic rings. The zero-order valence-corrected chi connectivity index (χ0v) is 21.9. The number of thiazole rings is 1. The fourth-order valence-corrected chi connectivity index (χ4v) is 5.07. The maximum atomic E-state index is 13.4. The fourth-order valence-electron chi connectivity index (χ4n) is 4.09. The molecule has 1 aromatic heterocycles. The smallest absolute Gasteiger partial charge is 0.350 e. The molecule has 0 spiro atoms. The molecule has 2 heterocycles. The Morgan fingerprint density at radius 2 is 1.92 bits per heavy atom. The summed E-state index contributed by atoms with van der Waals surface area (Å²) in [7, 11) is 1.50. The van der Waals surface area contributed by atoms with Crippen molar-refractivity contribution >= 4 is 39.9 Å². The van der Waals surface area contributed by atoms with Crippen molar-refractivity contribution < 1.29 is 33.7 Å². The van der Waals surface area contributed by atoms with E-state index in [1.165, 1.54) is 18.1 Å². The van der Waals surface area contributed by atoms with E-state index in [9.17, 15) is 19.5 Å². The van der Waals surface area contributed by atoms with Crippen molar-refractivity contribution in [3.63, 3.8) is 0 Å². The van der Waals surface area contributed by atoms with E-state index in [0.29, 0.717) is 34.9 Å². The second-order valence-electron chi connectivity index (χ2n) is 8.20. The van der Waals surface area contributed by atoms with E-state index < -0.39 is 23.7 Å². The molecule has 0 aliphatic carbocycles. The SMILES string of the molecule is C=CCOC(=O)c1sc(N2C(=O)C(=O)C(=C(O)c3cccc(OCC)c3)C2c2cccc(OC)c2)nc1C. The Balaban J connectivity index is 1.89. The van der Waals surface area contributed by atoms with Gasteiger partial charge in [-0.1, -0.05) is 48.3 Å². The quantitative estimate of drug-likeness (QED) is 0.137. The molecule has 1 atom stereocenters. The summed E-state index contributed by atoms with van der Waals surface area (Å²) >= 11 is 0.926. The van der Waals surface area contributed by atoms with Crippen molar-refractivity contribution in [2.45, 2.75) is 19.9 Å². The van der Waals surface area contributed by atoms with E-state index in [1.807, 2.05) is 6.92 Å². The number of hydrogen-bond acceptors (Lipinski definition) is 9. The Labute approximate surface area is 223 Å². The van der Waals surface area contributed by atoms with Gasteiger partial charge >= 0.3 is 11.9 Å². The summed E-state index contributed by atoms with van der Waals surface area (Å²) in [6.07, 6.45) is 1.44. The number of benzene rings is 2. The third-order valence-electron chi connectivity index (χ3n) is 5.78. The first kappa shape index (κ1) is 26.6. The van der Waals surface area contributed by atoms with E-state index in [1.54, 1.807) is 55.5 Å². The summed E-state index contributed by atoms with van der Waals surface area (Å²) in [4.78, 5) is 45.2. The van der Waals surface area contributed by atoms with Gasteiger partial charge in [0.2, 0.25) is 0 Å². The van der Waals surface area contributed by atoms with Crippen LogP contribution in [0.5, 0.6) is 11.5 Å². The molecule has 0 bridgehead atoms. The molecule has 1 aliphatic rings. The normalized spacial score (nSPS) is 16.4. The summed E-state index contributed by atoms with van der Waals surface area (Å²) in [5.41, 5.74) is 1.04. The molecule has 2 aromatic carbocycles. The molecule has 1 N–H and O–H groups in total. The lowest BCUT2D eigenvalue weighted by Crippen LogP contribution is -2.29. The maximum absolute atomic E-state index is 13.4. The minimum Gasteiger partial charge on any atom is -0.507 e. The molecular formula is C28H26N2O7S.